The first-order chi connectivity index (χ1) is 7.45. The van der Waals surface area contributed by atoms with Gasteiger partial charge in [-0.1, -0.05) is 15.9 Å². The van der Waals surface area contributed by atoms with E-state index >= 15 is 0 Å². The lowest BCUT2D eigenvalue weighted by Crippen LogP contribution is -2.24. The Labute approximate surface area is 104 Å². The lowest BCUT2D eigenvalue weighted by atomic mass is 10.1. The maximum Gasteiger partial charge on any atom is 0.346 e. The quantitative estimate of drug-likeness (QED) is 0.802. The number of carbonyl (C=O) groups excluding carboxylic acids is 1. The minimum absolute atomic E-state index is 0.377. The Morgan fingerprint density at radius 1 is 1.31 bits per heavy atom. The molecule has 1 aromatic rings. The molecule has 0 amide bonds. The zero-order valence-electron chi connectivity index (χ0n) is 9.83. The summed E-state index contributed by atoms with van der Waals surface area (Å²) in [4.78, 5) is 11.2. The molecule has 0 N–H and O–H groups in total. The van der Waals surface area contributed by atoms with E-state index in [0.717, 1.165) is 15.6 Å². The van der Waals surface area contributed by atoms with Gasteiger partial charge in [0.25, 0.3) is 0 Å². The van der Waals surface area contributed by atoms with E-state index in [1.807, 2.05) is 26.0 Å². The summed E-state index contributed by atoms with van der Waals surface area (Å²) in [6, 6.07) is 3.77. The molecule has 0 saturated heterocycles. The number of halogens is 1. The van der Waals surface area contributed by atoms with Crippen LogP contribution >= 0.6 is 15.9 Å². The van der Waals surface area contributed by atoms with Crippen LogP contribution in [0.1, 0.15) is 18.1 Å². The first kappa shape index (κ1) is 13.0. The van der Waals surface area contributed by atoms with E-state index in [1.165, 1.54) is 7.11 Å². The normalized spacial score (nSPS) is 12.1. The molecular weight excluding hydrogens is 272 g/mol. The van der Waals surface area contributed by atoms with Crippen molar-refractivity contribution < 1.29 is 14.3 Å². The minimum atomic E-state index is -0.593. The monoisotopic (exact) mass is 286 g/mol. The SMILES string of the molecule is COC(=O)C(C)Oc1cc(C)c(Br)c(C)c1. The van der Waals surface area contributed by atoms with Crippen molar-refractivity contribution in [3.8, 4) is 5.75 Å². The third-order valence-electron chi connectivity index (χ3n) is 2.26. The highest BCUT2D eigenvalue weighted by molar-refractivity contribution is 9.10. The standard InChI is InChI=1S/C12H15BrO3/c1-7-5-10(6-8(2)11(7)13)16-9(3)12(14)15-4/h5-6,9H,1-4H3. The van der Waals surface area contributed by atoms with Crippen molar-refractivity contribution in [2.75, 3.05) is 7.11 Å². The molecule has 1 rings (SSSR count). The zero-order chi connectivity index (χ0) is 12.3. The highest BCUT2D eigenvalue weighted by atomic mass is 79.9. The van der Waals surface area contributed by atoms with Gasteiger partial charge in [0.05, 0.1) is 7.11 Å². The molecule has 1 unspecified atom stereocenters. The number of rotatable bonds is 3. The number of benzene rings is 1. The van der Waals surface area contributed by atoms with Crippen LogP contribution in [0.25, 0.3) is 0 Å². The highest BCUT2D eigenvalue weighted by Gasteiger charge is 2.15. The van der Waals surface area contributed by atoms with Crippen molar-refractivity contribution in [2.45, 2.75) is 26.9 Å². The van der Waals surface area contributed by atoms with Gasteiger partial charge >= 0.3 is 5.97 Å². The number of hydrogen-bond acceptors (Lipinski definition) is 3. The van der Waals surface area contributed by atoms with Gasteiger partial charge in [0, 0.05) is 4.47 Å². The average Bonchev–Trinajstić information content (AvgIpc) is 2.24. The molecule has 0 aliphatic rings. The highest BCUT2D eigenvalue weighted by Crippen LogP contribution is 2.26. The predicted molar refractivity (Wildman–Crippen MR) is 65.7 cm³/mol. The molecule has 0 aliphatic carbocycles. The fourth-order valence-corrected chi connectivity index (χ4v) is 1.62. The summed E-state index contributed by atoms with van der Waals surface area (Å²) in [6.45, 7) is 5.62. The maximum atomic E-state index is 11.2. The molecule has 3 nitrogen and oxygen atoms in total. The average molecular weight is 287 g/mol. The Bertz CT molecular complexity index is 378. The Morgan fingerprint density at radius 2 is 1.81 bits per heavy atom. The summed E-state index contributed by atoms with van der Waals surface area (Å²) < 4.78 is 11.1. The number of aryl methyl sites for hydroxylation is 2. The van der Waals surface area contributed by atoms with Gasteiger partial charge in [-0.05, 0) is 44.0 Å². The summed E-state index contributed by atoms with van der Waals surface area (Å²) in [5, 5.41) is 0. The van der Waals surface area contributed by atoms with E-state index in [0.29, 0.717) is 5.75 Å². The summed E-state index contributed by atoms with van der Waals surface area (Å²) in [5.74, 6) is 0.300. The lowest BCUT2D eigenvalue weighted by molar-refractivity contribution is -0.147. The van der Waals surface area contributed by atoms with Gasteiger partial charge in [0.15, 0.2) is 6.10 Å². The van der Waals surface area contributed by atoms with E-state index in [-0.39, 0.29) is 5.97 Å². The number of carbonyl (C=O) groups is 1. The van der Waals surface area contributed by atoms with Crippen LogP contribution in [0, 0.1) is 13.8 Å². The Balaban J connectivity index is 2.86. The molecule has 1 aromatic carbocycles. The second-order valence-corrected chi connectivity index (χ2v) is 4.45. The van der Waals surface area contributed by atoms with Crippen LogP contribution in [0.3, 0.4) is 0 Å². The second kappa shape index (κ2) is 5.34. The van der Waals surface area contributed by atoms with E-state index < -0.39 is 6.10 Å². The maximum absolute atomic E-state index is 11.2. The number of esters is 1. The van der Waals surface area contributed by atoms with Crippen molar-refractivity contribution in [3.63, 3.8) is 0 Å². The first-order valence-corrected chi connectivity index (χ1v) is 5.76. The van der Waals surface area contributed by atoms with Crippen LogP contribution < -0.4 is 4.74 Å². The molecule has 1 atom stereocenters. The molecule has 0 spiro atoms. The Morgan fingerprint density at radius 3 is 2.25 bits per heavy atom. The molecule has 0 bridgehead atoms. The molecule has 16 heavy (non-hydrogen) atoms. The van der Waals surface area contributed by atoms with Crippen molar-refractivity contribution >= 4 is 21.9 Å². The van der Waals surface area contributed by atoms with Gasteiger partial charge in [-0.25, -0.2) is 4.79 Å². The molecule has 0 aliphatic heterocycles. The Hall–Kier alpha value is -1.03. The fraction of sp³-hybridized carbons (Fsp3) is 0.417. The fourth-order valence-electron chi connectivity index (χ4n) is 1.39. The second-order valence-electron chi connectivity index (χ2n) is 3.65. The van der Waals surface area contributed by atoms with E-state index in [1.54, 1.807) is 6.92 Å². The lowest BCUT2D eigenvalue weighted by Gasteiger charge is -2.14. The third kappa shape index (κ3) is 2.98. The van der Waals surface area contributed by atoms with Crippen LogP contribution in [0.15, 0.2) is 16.6 Å². The van der Waals surface area contributed by atoms with E-state index in [9.17, 15) is 4.79 Å². The van der Waals surface area contributed by atoms with Gasteiger partial charge < -0.3 is 9.47 Å². The molecule has 88 valence electrons. The van der Waals surface area contributed by atoms with Crippen molar-refractivity contribution in [2.24, 2.45) is 0 Å². The van der Waals surface area contributed by atoms with Crippen LogP contribution in [0.5, 0.6) is 5.75 Å². The zero-order valence-corrected chi connectivity index (χ0v) is 11.4. The van der Waals surface area contributed by atoms with Crippen molar-refractivity contribution in [1.82, 2.24) is 0 Å². The largest absolute Gasteiger partial charge is 0.479 e. The van der Waals surface area contributed by atoms with Crippen LogP contribution in [0.4, 0.5) is 0 Å². The van der Waals surface area contributed by atoms with Gasteiger partial charge in [-0.3, -0.25) is 0 Å². The van der Waals surface area contributed by atoms with Crippen molar-refractivity contribution in [1.29, 1.82) is 0 Å². The first-order valence-electron chi connectivity index (χ1n) is 4.97. The summed E-state index contributed by atoms with van der Waals surface area (Å²) in [6.07, 6.45) is -0.593. The van der Waals surface area contributed by atoms with Crippen LogP contribution in [-0.4, -0.2) is 19.2 Å². The predicted octanol–water partition coefficient (Wildman–Crippen LogP) is 3.01. The van der Waals surface area contributed by atoms with Crippen LogP contribution in [-0.2, 0) is 9.53 Å². The molecular formula is C12H15BrO3. The topological polar surface area (TPSA) is 35.5 Å². The molecule has 0 saturated carbocycles. The minimum Gasteiger partial charge on any atom is -0.479 e. The van der Waals surface area contributed by atoms with E-state index in [4.69, 9.17) is 4.74 Å². The summed E-state index contributed by atoms with van der Waals surface area (Å²) in [7, 11) is 1.35. The number of hydrogen-bond donors (Lipinski definition) is 0. The van der Waals surface area contributed by atoms with Gasteiger partial charge in [0.1, 0.15) is 5.75 Å². The molecule has 0 radical (unpaired) electrons. The molecule has 0 aromatic heterocycles. The van der Waals surface area contributed by atoms with Gasteiger partial charge in [-0.15, -0.1) is 0 Å². The summed E-state index contributed by atoms with van der Waals surface area (Å²) in [5.41, 5.74) is 2.15. The van der Waals surface area contributed by atoms with Gasteiger partial charge in [-0.2, -0.15) is 0 Å². The number of methoxy groups -OCH3 is 1. The van der Waals surface area contributed by atoms with E-state index in [2.05, 4.69) is 20.7 Å². The Kier molecular flexibility index (Phi) is 4.35. The van der Waals surface area contributed by atoms with Gasteiger partial charge in [0.2, 0.25) is 0 Å². The molecule has 0 heterocycles. The molecule has 4 heteroatoms. The smallest absolute Gasteiger partial charge is 0.346 e. The molecule has 0 fully saturated rings. The third-order valence-corrected chi connectivity index (χ3v) is 3.51. The summed E-state index contributed by atoms with van der Waals surface area (Å²) >= 11 is 3.47. The van der Waals surface area contributed by atoms with Crippen molar-refractivity contribution in [3.05, 3.63) is 27.7 Å². The van der Waals surface area contributed by atoms with Crippen LogP contribution in [0.2, 0.25) is 0 Å². The number of ether oxygens (including phenoxy) is 2.